The molecule has 1 aromatic carbocycles. The van der Waals surface area contributed by atoms with Crippen molar-refractivity contribution in [1.29, 1.82) is 0 Å². The predicted molar refractivity (Wildman–Crippen MR) is 49.9 cm³/mol. The first-order chi connectivity index (χ1) is 6.16. The summed E-state index contributed by atoms with van der Waals surface area (Å²) in [6.45, 7) is 3.97. The number of phenols is 1. The number of hydrogen-bond acceptors (Lipinski definition) is 3. The van der Waals surface area contributed by atoms with E-state index in [9.17, 15) is 10.2 Å². The Kier molecular flexibility index (Phi) is 3.14. The second-order valence-electron chi connectivity index (χ2n) is 2.80. The van der Waals surface area contributed by atoms with Gasteiger partial charge in [0.25, 0.3) is 0 Å². The molecule has 0 aromatic heterocycles. The minimum atomic E-state index is -0.720. The molecule has 72 valence electrons. The van der Waals surface area contributed by atoms with Crippen LogP contribution < -0.4 is 4.74 Å². The Balaban J connectivity index is 3.10. The molecular weight excluding hydrogens is 168 g/mol. The summed E-state index contributed by atoms with van der Waals surface area (Å²) in [7, 11) is 0. The number of rotatable bonds is 3. The topological polar surface area (TPSA) is 49.7 Å². The van der Waals surface area contributed by atoms with E-state index in [0.29, 0.717) is 17.9 Å². The number of ether oxygens (including phenoxy) is 1. The fourth-order valence-electron chi connectivity index (χ4n) is 1.23. The van der Waals surface area contributed by atoms with E-state index >= 15 is 0 Å². The zero-order chi connectivity index (χ0) is 9.84. The number of aliphatic hydroxyl groups is 1. The molecule has 3 nitrogen and oxygen atoms in total. The van der Waals surface area contributed by atoms with Crippen molar-refractivity contribution in [2.75, 3.05) is 6.61 Å². The summed E-state index contributed by atoms with van der Waals surface area (Å²) in [6, 6.07) is 4.95. The van der Waals surface area contributed by atoms with Crippen LogP contribution in [0.2, 0.25) is 0 Å². The SMILES string of the molecule is CCOc1cccc(O)c1C(C)O. The molecule has 1 atom stereocenters. The minimum Gasteiger partial charge on any atom is -0.507 e. The molecule has 0 fully saturated rings. The third kappa shape index (κ3) is 2.12. The molecule has 0 spiro atoms. The van der Waals surface area contributed by atoms with Crippen molar-refractivity contribution in [3.63, 3.8) is 0 Å². The Hall–Kier alpha value is -1.22. The largest absolute Gasteiger partial charge is 0.507 e. The van der Waals surface area contributed by atoms with E-state index in [1.165, 1.54) is 6.07 Å². The second-order valence-corrected chi connectivity index (χ2v) is 2.80. The first-order valence-electron chi connectivity index (χ1n) is 4.29. The highest BCUT2D eigenvalue weighted by Gasteiger charge is 2.13. The van der Waals surface area contributed by atoms with E-state index in [-0.39, 0.29) is 5.75 Å². The molecule has 0 aliphatic rings. The van der Waals surface area contributed by atoms with Crippen LogP contribution in [0.25, 0.3) is 0 Å². The van der Waals surface area contributed by atoms with Crippen molar-refractivity contribution < 1.29 is 14.9 Å². The zero-order valence-electron chi connectivity index (χ0n) is 7.82. The fraction of sp³-hybridized carbons (Fsp3) is 0.400. The third-order valence-electron chi connectivity index (χ3n) is 1.76. The highest BCUT2D eigenvalue weighted by Crippen LogP contribution is 2.32. The molecule has 1 rings (SSSR count). The summed E-state index contributed by atoms with van der Waals surface area (Å²) in [4.78, 5) is 0. The maximum atomic E-state index is 9.45. The standard InChI is InChI=1S/C10H14O3/c1-3-13-9-6-4-5-8(12)10(9)7(2)11/h4-7,11-12H,3H2,1-2H3. The third-order valence-corrected chi connectivity index (χ3v) is 1.76. The lowest BCUT2D eigenvalue weighted by Crippen LogP contribution is -1.99. The lowest BCUT2D eigenvalue weighted by Gasteiger charge is -2.13. The van der Waals surface area contributed by atoms with Gasteiger partial charge in [0.1, 0.15) is 11.5 Å². The van der Waals surface area contributed by atoms with Gasteiger partial charge in [-0.15, -0.1) is 0 Å². The Labute approximate surface area is 77.6 Å². The first kappa shape index (κ1) is 9.86. The molecule has 0 aliphatic carbocycles. The molecule has 1 aromatic rings. The lowest BCUT2D eigenvalue weighted by molar-refractivity contribution is 0.187. The summed E-state index contributed by atoms with van der Waals surface area (Å²) in [5.74, 6) is 0.610. The van der Waals surface area contributed by atoms with Crippen molar-refractivity contribution in [2.45, 2.75) is 20.0 Å². The van der Waals surface area contributed by atoms with Gasteiger partial charge in [-0.05, 0) is 26.0 Å². The lowest BCUT2D eigenvalue weighted by atomic mass is 10.1. The summed E-state index contributed by atoms with van der Waals surface area (Å²) >= 11 is 0. The Bertz CT molecular complexity index is 281. The van der Waals surface area contributed by atoms with Crippen LogP contribution in [-0.2, 0) is 0 Å². The van der Waals surface area contributed by atoms with Crippen LogP contribution in [0.4, 0.5) is 0 Å². The molecule has 0 radical (unpaired) electrons. The van der Waals surface area contributed by atoms with Crippen LogP contribution in [0, 0.1) is 0 Å². The van der Waals surface area contributed by atoms with Gasteiger partial charge in [-0.1, -0.05) is 6.07 Å². The molecule has 0 bridgehead atoms. The van der Waals surface area contributed by atoms with Gasteiger partial charge in [-0.3, -0.25) is 0 Å². The van der Waals surface area contributed by atoms with Crippen LogP contribution in [0.15, 0.2) is 18.2 Å². The average molecular weight is 182 g/mol. The molecule has 13 heavy (non-hydrogen) atoms. The molecule has 0 saturated heterocycles. The molecule has 0 saturated carbocycles. The van der Waals surface area contributed by atoms with Crippen LogP contribution in [-0.4, -0.2) is 16.8 Å². The van der Waals surface area contributed by atoms with Crippen molar-refractivity contribution in [2.24, 2.45) is 0 Å². The highest BCUT2D eigenvalue weighted by molar-refractivity contribution is 5.45. The Morgan fingerprint density at radius 1 is 1.46 bits per heavy atom. The summed E-state index contributed by atoms with van der Waals surface area (Å²) in [5.41, 5.74) is 0.448. The number of phenolic OH excluding ortho intramolecular Hbond substituents is 1. The normalized spacial score (nSPS) is 12.5. The van der Waals surface area contributed by atoms with E-state index in [1.807, 2.05) is 6.92 Å². The van der Waals surface area contributed by atoms with Gasteiger partial charge in [-0.25, -0.2) is 0 Å². The summed E-state index contributed by atoms with van der Waals surface area (Å²) < 4.78 is 5.26. The van der Waals surface area contributed by atoms with Crippen LogP contribution in [0.1, 0.15) is 25.5 Å². The van der Waals surface area contributed by atoms with Crippen LogP contribution >= 0.6 is 0 Å². The van der Waals surface area contributed by atoms with E-state index in [2.05, 4.69) is 0 Å². The van der Waals surface area contributed by atoms with Gasteiger partial charge in [0, 0.05) is 0 Å². The minimum absolute atomic E-state index is 0.0703. The van der Waals surface area contributed by atoms with E-state index in [0.717, 1.165) is 0 Å². The van der Waals surface area contributed by atoms with Gasteiger partial charge in [0.05, 0.1) is 18.3 Å². The van der Waals surface area contributed by atoms with E-state index < -0.39 is 6.10 Å². The predicted octanol–water partition coefficient (Wildman–Crippen LogP) is 1.84. The van der Waals surface area contributed by atoms with Gasteiger partial charge < -0.3 is 14.9 Å². The van der Waals surface area contributed by atoms with Crippen LogP contribution in [0.5, 0.6) is 11.5 Å². The summed E-state index contributed by atoms with van der Waals surface area (Å²) in [5, 5.41) is 18.8. The highest BCUT2D eigenvalue weighted by atomic mass is 16.5. The van der Waals surface area contributed by atoms with E-state index in [1.54, 1.807) is 19.1 Å². The number of aromatic hydroxyl groups is 1. The first-order valence-corrected chi connectivity index (χ1v) is 4.29. The van der Waals surface area contributed by atoms with Gasteiger partial charge in [-0.2, -0.15) is 0 Å². The molecule has 0 amide bonds. The molecule has 2 N–H and O–H groups in total. The molecule has 3 heteroatoms. The molecule has 0 aliphatic heterocycles. The average Bonchev–Trinajstić information content (AvgIpc) is 2.04. The van der Waals surface area contributed by atoms with Crippen molar-refractivity contribution in [3.05, 3.63) is 23.8 Å². The Morgan fingerprint density at radius 2 is 2.15 bits per heavy atom. The number of benzene rings is 1. The quantitative estimate of drug-likeness (QED) is 0.750. The van der Waals surface area contributed by atoms with Crippen molar-refractivity contribution in [3.8, 4) is 11.5 Å². The van der Waals surface area contributed by atoms with E-state index in [4.69, 9.17) is 4.74 Å². The number of aliphatic hydroxyl groups excluding tert-OH is 1. The maximum absolute atomic E-state index is 9.45. The smallest absolute Gasteiger partial charge is 0.128 e. The number of hydrogen-bond donors (Lipinski definition) is 2. The molecule has 1 unspecified atom stereocenters. The van der Waals surface area contributed by atoms with Crippen molar-refractivity contribution >= 4 is 0 Å². The zero-order valence-corrected chi connectivity index (χ0v) is 7.82. The van der Waals surface area contributed by atoms with Gasteiger partial charge in [0.2, 0.25) is 0 Å². The molecular formula is C10H14O3. The maximum Gasteiger partial charge on any atom is 0.128 e. The van der Waals surface area contributed by atoms with Gasteiger partial charge in [0.15, 0.2) is 0 Å². The van der Waals surface area contributed by atoms with Gasteiger partial charge >= 0.3 is 0 Å². The van der Waals surface area contributed by atoms with Crippen LogP contribution in [0.3, 0.4) is 0 Å². The monoisotopic (exact) mass is 182 g/mol. The summed E-state index contributed by atoms with van der Waals surface area (Å²) in [6.07, 6.45) is -0.720. The molecule has 0 heterocycles. The fourth-order valence-corrected chi connectivity index (χ4v) is 1.23. The second kappa shape index (κ2) is 4.14. The Morgan fingerprint density at radius 3 is 2.69 bits per heavy atom. The van der Waals surface area contributed by atoms with Crippen molar-refractivity contribution in [1.82, 2.24) is 0 Å².